The second-order valence-corrected chi connectivity index (χ2v) is 6.14. The van der Waals surface area contributed by atoms with E-state index in [-0.39, 0.29) is 18.0 Å². The number of anilines is 1. The fraction of sp³-hybridized carbons (Fsp3) is 0.300. The first-order valence-corrected chi connectivity index (χ1v) is 9.05. The Bertz CT molecular complexity index is 835. The van der Waals surface area contributed by atoms with Gasteiger partial charge in [-0.3, -0.25) is 10.1 Å². The van der Waals surface area contributed by atoms with E-state index >= 15 is 0 Å². The van der Waals surface area contributed by atoms with Crippen LogP contribution in [0, 0.1) is 10.1 Å². The minimum atomic E-state index is -1.33. The highest BCUT2D eigenvalue weighted by molar-refractivity contribution is 5.79. The SMILES string of the molecule is CCCCCOC(=O)C(OC(=O)Oc1ccc([N+](=O)[O-])cc1)c1ccc(N)cc1. The Labute approximate surface area is 167 Å². The van der Waals surface area contributed by atoms with Crippen molar-refractivity contribution in [3.63, 3.8) is 0 Å². The van der Waals surface area contributed by atoms with E-state index in [4.69, 9.17) is 19.9 Å². The first kappa shape index (κ1) is 21.7. The van der Waals surface area contributed by atoms with Crippen LogP contribution in [0.2, 0.25) is 0 Å². The summed E-state index contributed by atoms with van der Waals surface area (Å²) in [6.07, 6.45) is 0.0954. The molecule has 29 heavy (non-hydrogen) atoms. The van der Waals surface area contributed by atoms with Crippen molar-refractivity contribution in [1.29, 1.82) is 0 Å². The molecule has 0 aromatic heterocycles. The molecule has 9 heteroatoms. The van der Waals surface area contributed by atoms with Crippen molar-refractivity contribution in [2.45, 2.75) is 32.3 Å². The topological polar surface area (TPSA) is 131 Å². The summed E-state index contributed by atoms with van der Waals surface area (Å²) in [5.41, 5.74) is 6.36. The van der Waals surface area contributed by atoms with Gasteiger partial charge in [-0.1, -0.05) is 31.9 Å². The number of rotatable bonds is 9. The van der Waals surface area contributed by atoms with Crippen molar-refractivity contribution in [3.8, 4) is 5.75 Å². The number of nitro benzene ring substituents is 1. The van der Waals surface area contributed by atoms with Crippen molar-refractivity contribution >= 4 is 23.5 Å². The molecule has 0 amide bonds. The van der Waals surface area contributed by atoms with Gasteiger partial charge in [-0.05, 0) is 30.7 Å². The Morgan fingerprint density at radius 3 is 2.31 bits per heavy atom. The fourth-order valence-electron chi connectivity index (χ4n) is 2.38. The van der Waals surface area contributed by atoms with Crippen LogP contribution in [0.3, 0.4) is 0 Å². The zero-order valence-corrected chi connectivity index (χ0v) is 15.9. The highest BCUT2D eigenvalue weighted by Crippen LogP contribution is 2.23. The summed E-state index contributed by atoms with van der Waals surface area (Å²) in [5.74, 6) is -0.695. The maximum atomic E-state index is 12.4. The molecular formula is C20H22N2O7. The van der Waals surface area contributed by atoms with Crippen LogP contribution in [0.15, 0.2) is 48.5 Å². The van der Waals surface area contributed by atoms with Gasteiger partial charge in [0.1, 0.15) is 5.75 Å². The number of nitrogens with zero attached hydrogens (tertiary/aromatic N) is 1. The Morgan fingerprint density at radius 1 is 1.07 bits per heavy atom. The molecule has 9 nitrogen and oxygen atoms in total. The standard InChI is InChI=1S/C20H22N2O7/c1-2-3-4-13-27-19(23)18(14-5-7-15(21)8-6-14)29-20(24)28-17-11-9-16(10-12-17)22(25)26/h5-12,18H,2-4,13,21H2,1H3. The highest BCUT2D eigenvalue weighted by atomic mass is 16.7. The first-order valence-electron chi connectivity index (χ1n) is 9.05. The van der Waals surface area contributed by atoms with E-state index < -0.39 is 23.2 Å². The second kappa shape index (κ2) is 10.6. The lowest BCUT2D eigenvalue weighted by Gasteiger charge is -2.17. The normalized spacial score (nSPS) is 11.3. The molecular weight excluding hydrogens is 380 g/mol. The third kappa shape index (κ3) is 6.80. The van der Waals surface area contributed by atoms with Crippen LogP contribution in [-0.2, 0) is 14.3 Å². The van der Waals surface area contributed by atoms with Crippen LogP contribution in [0.25, 0.3) is 0 Å². The molecule has 0 aliphatic carbocycles. The van der Waals surface area contributed by atoms with Crippen molar-refractivity contribution in [1.82, 2.24) is 0 Å². The molecule has 2 aromatic carbocycles. The van der Waals surface area contributed by atoms with Gasteiger partial charge < -0.3 is 19.9 Å². The Balaban J connectivity index is 2.07. The van der Waals surface area contributed by atoms with Gasteiger partial charge in [0.15, 0.2) is 0 Å². The molecule has 0 fully saturated rings. The molecule has 0 spiro atoms. The van der Waals surface area contributed by atoms with Crippen molar-refractivity contribution in [2.24, 2.45) is 0 Å². The maximum absolute atomic E-state index is 12.4. The molecule has 2 rings (SSSR count). The number of nitro groups is 1. The first-order chi connectivity index (χ1) is 13.9. The monoisotopic (exact) mass is 402 g/mol. The molecule has 1 atom stereocenters. The molecule has 2 aromatic rings. The Hall–Kier alpha value is -3.62. The fourth-order valence-corrected chi connectivity index (χ4v) is 2.38. The van der Waals surface area contributed by atoms with Crippen LogP contribution < -0.4 is 10.5 Å². The van der Waals surface area contributed by atoms with Gasteiger partial charge in [0, 0.05) is 23.4 Å². The highest BCUT2D eigenvalue weighted by Gasteiger charge is 2.28. The Morgan fingerprint density at radius 2 is 1.72 bits per heavy atom. The average Bonchev–Trinajstić information content (AvgIpc) is 2.70. The number of carbonyl (C=O) groups excluding carboxylic acids is 2. The number of unbranched alkanes of at least 4 members (excludes halogenated alkanes) is 2. The molecule has 0 aliphatic rings. The van der Waals surface area contributed by atoms with E-state index in [1.54, 1.807) is 24.3 Å². The minimum absolute atomic E-state index is 0.0352. The minimum Gasteiger partial charge on any atom is -0.463 e. The van der Waals surface area contributed by atoms with Gasteiger partial charge in [-0.15, -0.1) is 0 Å². The molecule has 0 saturated carbocycles. The Kier molecular flexibility index (Phi) is 7.96. The third-order valence-electron chi connectivity index (χ3n) is 3.91. The lowest BCUT2D eigenvalue weighted by molar-refractivity contribution is -0.384. The third-order valence-corrected chi connectivity index (χ3v) is 3.91. The summed E-state index contributed by atoms with van der Waals surface area (Å²) in [7, 11) is 0. The zero-order chi connectivity index (χ0) is 21.2. The number of carbonyl (C=O) groups is 2. The van der Waals surface area contributed by atoms with Gasteiger partial charge >= 0.3 is 12.1 Å². The number of nitrogens with two attached hydrogens (primary N) is 1. The summed E-state index contributed by atoms with van der Waals surface area (Å²) < 4.78 is 15.4. The number of ether oxygens (including phenoxy) is 3. The molecule has 0 saturated heterocycles. The number of hydrogen-bond donors (Lipinski definition) is 1. The molecule has 0 heterocycles. The van der Waals surface area contributed by atoms with E-state index in [1.807, 2.05) is 6.92 Å². The average molecular weight is 402 g/mol. The summed E-state index contributed by atoms with van der Waals surface area (Å²) >= 11 is 0. The lowest BCUT2D eigenvalue weighted by Crippen LogP contribution is -2.24. The second-order valence-electron chi connectivity index (χ2n) is 6.14. The lowest BCUT2D eigenvalue weighted by atomic mass is 10.1. The van der Waals surface area contributed by atoms with E-state index in [9.17, 15) is 19.7 Å². The van der Waals surface area contributed by atoms with Crippen molar-refractivity contribution < 1.29 is 28.7 Å². The van der Waals surface area contributed by atoms with Crippen LogP contribution in [0.4, 0.5) is 16.2 Å². The summed E-state index contributed by atoms with van der Waals surface area (Å²) in [6.45, 7) is 2.23. The molecule has 1 unspecified atom stereocenters. The summed E-state index contributed by atoms with van der Waals surface area (Å²) in [4.78, 5) is 34.7. The van der Waals surface area contributed by atoms with E-state index in [1.165, 1.54) is 24.3 Å². The molecule has 2 N–H and O–H groups in total. The van der Waals surface area contributed by atoms with Crippen LogP contribution in [0.1, 0.15) is 37.9 Å². The maximum Gasteiger partial charge on any atom is 0.515 e. The quantitative estimate of drug-likeness (QED) is 0.165. The molecule has 0 aliphatic heterocycles. The van der Waals surface area contributed by atoms with Crippen LogP contribution >= 0.6 is 0 Å². The predicted molar refractivity (Wildman–Crippen MR) is 104 cm³/mol. The number of hydrogen-bond acceptors (Lipinski definition) is 8. The number of non-ortho nitro benzene ring substituents is 1. The molecule has 154 valence electrons. The number of benzene rings is 2. The van der Waals surface area contributed by atoms with E-state index in [0.29, 0.717) is 17.7 Å². The van der Waals surface area contributed by atoms with Gasteiger partial charge in [0.25, 0.3) is 5.69 Å². The molecule has 0 bridgehead atoms. The summed E-state index contributed by atoms with van der Waals surface area (Å²) in [6, 6.07) is 11.1. The van der Waals surface area contributed by atoms with Gasteiger partial charge in [-0.25, -0.2) is 9.59 Å². The van der Waals surface area contributed by atoms with Crippen LogP contribution in [0.5, 0.6) is 5.75 Å². The number of esters is 1. The van der Waals surface area contributed by atoms with Crippen molar-refractivity contribution in [2.75, 3.05) is 12.3 Å². The number of nitrogen functional groups attached to an aromatic ring is 1. The smallest absolute Gasteiger partial charge is 0.463 e. The van der Waals surface area contributed by atoms with Gasteiger partial charge in [-0.2, -0.15) is 0 Å². The van der Waals surface area contributed by atoms with Crippen molar-refractivity contribution in [3.05, 3.63) is 64.2 Å². The largest absolute Gasteiger partial charge is 0.515 e. The zero-order valence-electron chi connectivity index (χ0n) is 15.9. The van der Waals surface area contributed by atoms with Gasteiger partial charge in [0.2, 0.25) is 6.10 Å². The van der Waals surface area contributed by atoms with E-state index in [0.717, 1.165) is 12.8 Å². The van der Waals surface area contributed by atoms with E-state index in [2.05, 4.69) is 0 Å². The predicted octanol–water partition coefficient (Wildman–Crippen LogP) is 4.17. The molecule has 0 radical (unpaired) electrons. The van der Waals surface area contributed by atoms with Gasteiger partial charge in [0.05, 0.1) is 11.5 Å². The van der Waals surface area contributed by atoms with Crippen LogP contribution in [-0.4, -0.2) is 23.7 Å². The summed E-state index contributed by atoms with van der Waals surface area (Å²) in [5, 5.41) is 10.7.